The Morgan fingerprint density at radius 1 is 0.400 bits per heavy atom. The van der Waals surface area contributed by atoms with E-state index >= 15 is 0 Å². The average molecular weight is 699 g/mol. The van der Waals surface area contributed by atoms with Crippen LogP contribution in [0.4, 0.5) is 0 Å². The second kappa shape index (κ2) is 11.9. The molecule has 0 spiro atoms. The third-order valence-electron chi connectivity index (χ3n) is 11.5. The lowest BCUT2D eigenvalue weighted by Crippen LogP contribution is -2.00. The van der Waals surface area contributed by atoms with Gasteiger partial charge in [0.15, 0.2) is 0 Å². The van der Waals surface area contributed by atoms with Crippen molar-refractivity contribution in [1.82, 2.24) is 9.13 Å². The Morgan fingerprint density at radius 3 is 1.53 bits per heavy atom. The van der Waals surface area contributed by atoms with Gasteiger partial charge in [0.2, 0.25) is 0 Å². The fourth-order valence-electron chi connectivity index (χ4n) is 9.21. The van der Waals surface area contributed by atoms with Crippen LogP contribution >= 0.6 is 0 Å². The maximum absolute atomic E-state index is 10.7. The second-order valence-electron chi connectivity index (χ2n) is 14.3. The van der Waals surface area contributed by atoms with Gasteiger partial charge >= 0.3 is 0 Å². The number of hydrogen-bond donors (Lipinski definition) is 0. The highest BCUT2D eigenvalue weighted by Crippen LogP contribution is 2.52. The summed E-state index contributed by atoms with van der Waals surface area (Å²) in [5.41, 5.74) is 15.0. The normalized spacial score (nSPS) is 13.2. The Labute approximate surface area is 317 Å². The van der Waals surface area contributed by atoms with E-state index in [1.54, 1.807) is 0 Å². The van der Waals surface area contributed by atoms with Crippen molar-refractivity contribution in [2.75, 3.05) is 0 Å². The number of hydrogen-bond acceptors (Lipinski definition) is 2. The van der Waals surface area contributed by atoms with E-state index in [-0.39, 0.29) is 5.92 Å². The SMILES string of the molecule is N#Cc1cc(-n2c3ccccc3c3ccccc32)ccc1-c1ccc(-n2c3ccccc3c3ccc4c(c32)-c2ccccc2C4c2ccccc2)cc1C#N. The van der Waals surface area contributed by atoms with Gasteiger partial charge < -0.3 is 9.13 Å². The van der Waals surface area contributed by atoms with E-state index in [0.29, 0.717) is 11.1 Å². The van der Waals surface area contributed by atoms with Crippen molar-refractivity contribution in [1.29, 1.82) is 10.5 Å². The van der Waals surface area contributed by atoms with Crippen molar-refractivity contribution < 1.29 is 0 Å². The Morgan fingerprint density at radius 2 is 0.909 bits per heavy atom. The van der Waals surface area contributed by atoms with Crippen LogP contribution in [0.25, 0.3) is 77.2 Å². The van der Waals surface area contributed by atoms with E-state index in [9.17, 15) is 10.5 Å². The van der Waals surface area contributed by atoms with Gasteiger partial charge in [-0.1, -0.05) is 133 Å². The van der Waals surface area contributed by atoms with Crippen LogP contribution < -0.4 is 0 Å². The number of fused-ring (bicyclic) bond motifs is 10. The minimum atomic E-state index is 0.121. The molecular formula is C51H30N4. The van der Waals surface area contributed by atoms with Gasteiger partial charge in [0.25, 0.3) is 0 Å². The van der Waals surface area contributed by atoms with Crippen LogP contribution in [-0.4, -0.2) is 9.13 Å². The molecule has 0 bridgehead atoms. The topological polar surface area (TPSA) is 57.4 Å². The highest BCUT2D eigenvalue weighted by Gasteiger charge is 2.33. The Kier molecular flexibility index (Phi) is 6.71. The molecule has 0 N–H and O–H groups in total. The maximum Gasteiger partial charge on any atom is 0.0998 e. The van der Waals surface area contributed by atoms with Crippen LogP contribution in [0.5, 0.6) is 0 Å². The molecule has 10 aromatic rings. The van der Waals surface area contributed by atoms with Crippen molar-refractivity contribution in [2.45, 2.75) is 5.92 Å². The molecule has 4 nitrogen and oxygen atoms in total. The van der Waals surface area contributed by atoms with Gasteiger partial charge in [-0.25, -0.2) is 0 Å². The van der Waals surface area contributed by atoms with Crippen LogP contribution in [0.1, 0.15) is 33.7 Å². The quantitative estimate of drug-likeness (QED) is 0.184. The number of para-hydroxylation sites is 3. The summed E-state index contributed by atoms with van der Waals surface area (Å²) < 4.78 is 4.54. The summed E-state index contributed by atoms with van der Waals surface area (Å²) in [5.74, 6) is 0.121. The predicted molar refractivity (Wildman–Crippen MR) is 223 cm³/mol. The van der Waals surface area contributed by atoms with E-state index in [4.69, 9.17) is 0 Å². The number of nitriles is 2. The van der Waals surface area contributed by atoms with Crippen molar-refractivity contribution >= 4 is 43.6 Å². The molecule has 0 aliphatic heterocycles. The van der Waals surface area contributed by atoms with Gasteiger partial charge in [-0.15, -0.1) is 0 Å². The van der Waals surface area contributed by atoms with Crippen LogP contribution in [0, 0.1) is 22.7 Å². The van der Waals surface area contributed by atoms with Crippen molar-refractivity contribution in [3.63, 3.8) is 0 Å². The lowest BCUT2D eigenvalue weighted by atomic mass is 9.89. The average Bonchev–Trinajstić information content (AvgIpc) is 3.89. The van der Waals surface area contributed by atoms with Gasteiger partial charge in [0.1, 0.15) is 0 Å². The van der Waals surface area contributed by atoms with Crippen molar-refractivity contribution in [2.24, 2.45) is 0 Å². The number of benzene rings is 8. The highest BCUT2D eigenvalue weighted by molar-refractivity contribution is 6.15. The van der Waals surface area contributed by atoms with E-state index < -0.39 is 0 Å². The molecule has 0 radical (unpaired) electrons. The maximum atomic E-state index is 10.7. The monoisotopic (exact) mass is 698 g/mol. The summed E-state index contributed by atoms with van der Waals surface area (Å²) in [6, 6.07) is 66.4. The second-order valence-corrected chi connectivity index (χ2v) is 14.3. The Bertz CT molecular complexity index is 3240. The molecule has 1 atom stereocenters. The van der Waals surface area contributed by atoms with Gasteiger partial charge in [0.05, 0.1) is 45.3 Å². The molecule has 0 amide bonds. The molecule has 55 heavy (non-hydrogen) atoms. The van der Waals surface area contributed by atoms with Crippen molar-refractivity contribution in [3.8, 4) is 45.8 Å². The van der Waals surface area contributed by atoms with Gasteiger partial charge in [0, 0.05) is 55.5 Å². The largest absolute Gasteiger partial charge is 0.309 e. The predicted octanol–water partition coefficient (Wildman–Crippen LogP) is 12.5. The molecule has 1 unspecified atom stereocenters. The van der Waals surface area contributed by atoms with Crippen molar-refractivity contribution in [3.05, 3.63) is 204 Å². The Hall–Kier alpha value is -7.66. The first-order valence-corrected chi connectivity index (χ1v) is 18.5. The number of rotatable bonds is 4. The molecule has 2 heterocycles. The third-order valence-corrected chi connectivity index (χ3v) is 11.5. The third kappa shape index (κ3) is 4.43. The van der Waals surface area contributed by atoms with E-state index in [0.717, 1.165) is 60.7 Å². The van der Waals surface area contributed by atoms with Crippen LogP contribution in [0.3, 0.4) is 0 Å². The molecule has 0 saturated heterocycles. The summed E-state index contributed by atoms with van der Waals surface area (Å²) in [6.45, 7) is 0. The fraction of sp³-hybridized carbons (Fsp3) is 0.0196. The zero-order valence-electron chi connectivity index (χ0n) is 29.6. The zero-order chi connectivity index (χ0) is 36.6. The standard InChI is InChI=1S/C51H30N4/c52-30-33-28-35(54-46-19-9-6-14-39(46)40-15-7-10-20-47(40)54)22-24-37(33)38-25-23-36(29-34(38)31-53)55-48-21-11-8-16-41(48)44-26-27-45-49(32-12-2-1-3-13-32)42-17-4-5-18-43(42)50(45)51(44)55/h1-29,49H. The number of nitrogens with zero attached hydrogens (tertiary/aromatic N) is 4. The molecule has 1 aliphatic rings. The van der Waals surface area contributed by atoms with Gasteiger partial charge in [-0.05, 0) is 64.7 Å². The van der Waals surface area contributed by atoms with E-state index in [2.05, 4.69) is 161 Å². The zero-order valence-corrected chi connectivity index (χ0v) is 29.6. The Balaban J connectivity index is 1.11. The molecule has 0 fully saturated rings. The van der Waals surface area contributed by atoms with Gasteiger partial charge in [-0.2, -0.15) is 10.5 Å². The molecule has 11 rings (SSSR count). The van der Waals surface area contributed by atoms with Crippen LogP contribution in [0.15, 0.2) is 176 Å². The first-order valence-electron chi connectivity index (χ1n) is 18.5. The lowest BCUT2D eigenvalue weighted by Gasteiger charge is -2.16. The first kappa shape index (κ1) is 30.9. The molecular weight excluding hydrogens is 669 g/mol. The molecule has 254 valence electrons. The minimum absolute atomic E-state index is 0.121. The molecule has 1 aliphatic carbocycles. The first-order chi connectivity index (χ1) is 27.2. The fourth-order valence-corrected chi connectivity index (χ4v) is 9.21. The minimum Gasteiger partial charge on any atom is -0.309 e. The number of aromatic nitrogens is 2. The van der Waals surface area contributed by atoms with Gasteiger partial charge in [-0.3, -0.25) is 0 Å². The molecule has 2 aromatic heterocycles. The van der Waals surface area contributed by atoms with Crippen LogP contribution in [-0.2, 0) is 0 Å². The highest BCUT2D eigenvalue weighted by atomic mass is 15.0. The van der Waals surface area contributed by atoms with Crippen LogP contribution in [0.2, 0.25) is 0 Å². The van der Waals surface area contributed by atoms with E-state index in [1.807, 2.05) is 36.4 Å². The molecule has 0 saturated carbocycles. The summed E-state index contributed by atoms with van der Waals surface area (Å²) in [7, 11) is 0. The lowest BCUT2D eigenvalue weighted by molar-refractivity contribution is 1.02. The smallest absolute Gasteiger partial charge is 0.0998 e. The molecule has 4 heteroatoms. The summed E-state index contributed by atoms with van der Waals surface area (Å²) >= 11 is 0. The summed E-state index contributed by atoms with van der Waals surface area (Å²) in [4.78, 5) is 0. The molecule has 8 aromatic carbocycles. The summed E-state index contributed by atoms with van der Waals surface area (Å²) in [6.07, 6.45) is 0. The van der Waals surface area contributed by atoms with E-state index in [1.165, 1.54) is 33.2 Å². The summed E-state index contributed by atoms with van der Waals surface area (Å²) in [5, 5.41) is 26.0.